The number of ether oxygens (including phenoxy) is 1. The minimum Gasteiger partial charge on any atom is -0.457 e. The molecule has 0 atom stereocenters. The van der Waals surface area contributed by atoms with E-state index in [0.717, 1.165) is 5.56 Å². The van der Waals surface area contributed by atoms with E-state index in [0.29, 0.717) is 5.56 Å². The number of ketones is 1. The van der Waals surface area contributed by atoms with Crippen LogP contribution >= 0.6 is 0 Å². The van der Waals surface area contributed by atoms with Gasteiger partial charge in [0, 0.05) is 5.56 Å². The van der Waals surface area contributed by atoms with E-state index in [9.17, 15) is 9.59 Å². The molecule has 4 nitrogen and oxygen atoms in total. The zero-order chi connectivity index (χ0) is 13.0. The molecule has 0 fully saturated rings. The predicted molar refractivity (Wildman–Crippen MR) is 64.3 cm³/mol. The lowest BCUT2D eigenvalue weighted by Gasteiger charge is -2.04. The maximum absolute atomic E-state index is 11.5. The minimum atomic E-state index is -0.520. The average Bonchev–Trinajstić information content (AvgIpc) is 2.90. The minimum absolute atomic E-state index is 0.0192. The van der Waals surface area contributed by atoms with E-state index in [1.807, 2.05) is 0 Å². The molecule has 1 aromatic carbocycles. The number of benzene rings is 1. The van der Waals surface area contributed by atoms with Gasteiger partial charge in [-0.05, 0) is 30.7 Å². The van der Waals surface area contributed by atoms with Crippen LogP contribution in [0.15, 0.2) is 47.1 Å². The van der Waals surface area contributed by atoms with Gasteiger partial charge in [-0.1, -0.05) is 18.2 Å². The number of rotatable bonds is 4. The lowest BCUT2D eigenvalue weighted by molar-refractivity contribution is 0.0436. The number of Topliss-reactive ketones (excluding diaryl/α,β-unsaturated/α-hetero) is 1. The molecule has 2 aromatic rings. The van der Waals surface area contributed by atoms with Crippen LogP contribution in [0.3, 0.4) is 0 Å². The normalized spacial score (nSPS) is 10.1. The maximum atomic E-state index is 11.5. The Morgan fingerprint density at radius 2 is 2.06 bits per heavy atom. The molecule has 0 aliphatic heterocycles. The molecule has 1 heterocycles. The molecule has 0 amide bonds. The fourth-order valence-corrected chi connectivity index (χ4v) is 1.49. The molecule has 0 radical (unpaired) electrons. The van der Waals surface area contributed by atoms with Crippen molar-refractivity contribution in [3.05, 3.63) is 59.5 Å². The van der Waals surface area contributed by atoms with Crippen LogP contribution in [0.2, 0.25) is 0 Å². The Morgan fingerprint density at radius 1 is 1.22 bits per heavy atom. The summed E-state index contributed by atoms with van der Waals surface area (Å²) in [5.74, 6) is -0.375. The SMILES string of the molecule is CC(=O)c1cccc(COC(=O)c2ccco2)c1. The van der Waals surface area contributed by atoms with Gasteiger partial charge in [-0.2, -0.15) is 0 Å². The quantitative estimate of drug-likeness (QED) is 0.613. The summed E-state index contributed by atoms with van der Waals surface area (Å²) >= 11 is 0. The molecule has 0 aliphatic rings. The molecule has 0 saturated heterocycles. The van der Waals surface area contributed by atoms with E-state index < -0.39 is 5.97 Å². The van der Waals surface area contributed by atoms with E-state index in [-0.39, 0.29) is 18.2 Å². The number of esters is 1. The molecule has 0 saturated carbocycles. The zero-order valence-electron chi connectivity index (χ0n) is 9.88. The third kappa shape index (κ3) is 2.85. The first-order valence-corrected chi connectivity index (χ1v) is 5.47. The molecule has 0 bridgehead atoms. The van der Waals surface area contributed by atoms with Crippen LogP contribution < -0.4 is 0 Å². The Labute approximate surface area is 104 Å². The first-order valence-electron chi connectivity index (χ1n) is 5.47. The topological polar surface area (TPSA) is 56.5 Å². The van der Waals surface area contributed by atoms with Crippen LogP contribution in [0.5, 0.6) is 0 Å². The van der Waals surface area contributed by atoms with Gasteiger partial charge < -0.3 is 9.15 Å². The first kappa shape index (κ1) is 12.1. The molecular formula is C14H12O4. The summed E-state index contributed by atoms with van der Waals surface area (Å²) in [4.78, 5) is 22.7. The Hall–Kier alpha value is -2.36. The summed E-state index contributed by atoms with van der Waals surface area (Å²) in [6, 6.07) is 10.1. The van der Waals surface area contributed by atoms with Crippen molar-refractivity contribution in [1.82, 2.24) is 0 Å². The third-order valence-corrected chi connectivity index (χ3v) is 2.43. The standard InChI is InChI=1S/C14H12O4/c1-10(15)12-5-2-4-11(8-12)9-18-14(16)13-6-3-7-17-13/h2-8H,9H2,1H3. The predicted octanol–water partition coefficient (Wildman–Crippen LogP) is 2.84. The lowest BCUT2D eigenvalue weighted by Crippen LogP contribution is -2.04. The van der Waals surface area contributed by atoms with Crippen LogP contribution in [-0.2, 0) is 11.3 Å². The molecule has 0 aliphatic carbocycles. The molecule has 0 unspecified atom stereocenters. The van der Waals surface area contributed by atoms with Crippen molar-refractivity contribution < 1.29 is 18.7 Å². The highest BCUT2D eigenvalue weighted by atomic mass is 16.5. The van der Waals surface area contributed by atoms with Crippen LogP contribution in [0, 0.1) is 0 Å². The summed E-state index contributed by atoms with van der Waals surface area (Å²) in [6.45, 7) is 1.61. The van der Waals surface area contributed by atoms with Crippen LogP contribution in [0.4, 0.5) is 0 Å². The summed E-state index contributed by atoms with van der Waals surface area (Å²) in [5, 5.41) is 0. The van der Waals surface area contributed by atoms with Gasteiger partial charge in [-0.15, -0.1) is 0 Å². The zero-order valence-corrected chi connectivity index (χ0v) is 9.88. The second-order valence-electron chi connectivity index (χ2n) is 3.81. The molecular weight excluding hydrogens is 232 g/mol. The Kier molecular flexibility index (Phi) is 3.57. The van der Waals surface area contributed by atoms with Crippen molar-refractivity contribution in [2.75, 3.05) is 0 Å². The molecule has 92 valence electrons. The lowest BCUT2D eigenvalue weighted by atomic mass is 10.1. The van der Waals surface area contributed by atoms with Gasteiger partial charge in [-0.3, -0.25) is 4.79 Å². The van der Waals surface area contributed by atoms with Crippen molar-refractivity contribution in [1.29, 1.82) is 0 Å². The van der Waals surface area contributed by atoms with Crippen LogP contribution in [0.1, 0.15) is 33.4 Å². The first-order chi connectivity index (χ1) is 8.66. The fraction of sp³-hybridized carbons (Fsp3) is 0.143. The number of carbonyl (C=O) groups excluding carboxylic acids is 2. The molecule has 4 heteroatoms. The highest BCUT2D eigenvalue weighted by Crippen LogP contribution is 2.09. The molecule has 2 rings (SSSR count). The van der Waals surface area contributed by atoms with E-state index in [1.165, 1.54) is 19.3 Å². The van der Waals surface area contributed by atoms with Crippen molar-refractivity contribution >= 4 is 11.8 Å². The van der Waals surface area contributed by atoms with Crippen molar-refractivity contribution in [3.8, 4) is 0 Å². The number of furan rings is 1. The summed E-state index contributed by atoms with van der Waals surface area (Å²) in [7, 11) is 0. The monoisotopic (exact) mass is 244 g/mol. The van der Waals surface area contributed by atoms with Crippen molar-refractivity contribution in [2.24, 2.45) is 0 Å². The smallest absolute Gasteiger partial charge is 0.374 e. The van der Waals surface area contributed by atoms with Gasteiger partial charge in [0.25, 0.3) is 0 Å². The fourth-order valence-electron chi connectivity index (χ4n) is 1.49. The van der Waals surface area contributed by atoms with E-state index >= 15 is 0 Å². The second kappa shape index (κ2) is 5.31. The van der Waals surface area contributed by atoms with Gasteiger partial charge in [0.1, 0.15) is 6.61 Å². The van der Waals surface area contributed by atoms with E-state index in [1.54, 1.807) is 30.3 Å². The van der Waals surface area contributed by atoms with Gasteiger partial charge in [0.15, 0.2) is 5.78 Å². The Morgan fingerprint density at radius 3 is 2.72 bits per heavy atom. The van der Waals surface area contributed by atoms with Crippen LogP contribution in [-0.4, -0.2) is 11.8 Å². The Balaban J connectivity index is 2.00. The second-order valence-corrected chi connectivity index (χ2v) is 3.81. The average molecular weight is 244 g/mol. The van der Waals surface area contributed by atoms with Crippen LogP contribution in [0.25, 0.3) is 0 Å². The summed E-state index contributed by atoms with van der Waals surface area (Å²) in [5.41, 5.74) is 1.36. The van der Waals surface area contributed by atoms with Gasteiger partial charge >= 0.3 is 5.97 Å². The van der Waals surface area contributed by atoms with Gasteiger partial charge in [-0.25, -0.2) is 4.79 Å². The number of hydrogen-bond donors (Lipinski definition) is 0. The number of hydrogen-bond acceptors (Lipinski definition) is 4. The van der Waals surface area contributed by atoms with E-state index in [2.05, 4.69) is 0 Å². The van der Waals surface area contributed by atoms with Crippen molar-refractivity contribution in [3.63, 3.8) is 0 Å². The maximum Gasteiger partial charge on any atom is 0.374 e. The largest absolute Gasteiger partial charge is 0.457 e. The van der Waals surface area contributed by atoms with Crippen molar-refractivity contribution in [2.45, 2.75) is 13.5 Å². The molecule has 18 heavy (non-hydrogen) atoms. The Bertz CT molecular complexity index is 555. The molecule has 0 N–H and O–H groups in total. The van der Waals surface area contributed by atoms with Gasteiger partial charge in [0.05, 0.1) is 6.26 Å². The molecule has 1 aromatic heterocycles. The highest BCUT2D eigenvalue weighted by Gasteiger charge is 2.10. The molecule has 0 spiro atoms. The van der Waals surface area contributed by atoms with E-state index in [4.69, 9.17) is 9.15 Å². The summed E-state index contributed by atoms with van der Waals surface area (Å²) in [6.07, 6.45) is 1.41. The third-order valence-electron chi connectivity index (χ3n) is 2.43. The number of carbonyl (C=O) groups is 2. The highest BCUT2D eigenvalue weighted by molar-refractivity contribution is 5.94. The summed E-state index contributed by atoms with van der Waals surface area (Å²) < 4.78 is 9.98. The van der Waals surface area contributed by atoms with Gasteiger partial charge in [0.2, 0.25) is 5.76 Å².